The standard InChI is InChI=1S/C11H12N2O/c1-3-10-5-4-9-6-7-13(8(2)14)11(9)12-10/h4-7H,3H2,1-2H3. The van der Waals surface area contributed by atoms with Gasteiger partial charge in [0.25, 0.3) is 0 Å². The van der Waals surface area contributed by atoms with E-state index in [4.69, 9.17) is 0 Å². The van der Waals surface area contributed by atoms with Crippen molar-refractivity contribution < 1.29 is 4.79 Å². The van der Waals surface area contributed by atoms with Gasteiger partial charge in [0, 0.05) is 24.2 Å². The normalized spacial score (nSPS) is 10.7. The number of pyridine rings is 1. The first-order valence-electron chi connectivity index (χ1n) is 4.70. The van der Waals surface area contributed by atoms with Crippen molar-refractivity contribution in [3.63, 3.8) is 0 Å². The number of fused-ring (bicyclic) bond motifs is 1. The molecule has 3 heteroatoms. The highest BCUT2D eigenvalue weighted by Crippen LogP contribution is 2.14. The van der Waals surface area contributed by atoms with E-state index in [9.17, 15) is 4.79 Å². The van der Waals surface area contributed by atoms with Gasteiger partial charge in [-0.1, -0.05) is 6.92 Å². The van der Waals surface area contributed by atoms with Crippen LogP contribution in [0, 0.1) is 0 Å². The van der Waals surface area contributed by atoms with Gasteiger partial charge in [-0.05, 0) is 24.6 Å². The molecule has 0 atom stereocenters. The van der Waals surface area contributed by atoms with Gasteiger partial charge >= 0.3 is 0 Å². The number of hydrogen-bond donors (Lipinski definition) is 0. The van der Waals surface area contributed by atoms with E-state index in [2.05, 4.69) is 11.9 Å². The third kappa shape index (κ3) is 1.31. The van der Waals surface area contributed by atoms with Crippen LogP contribution in [0.5, 0.6) is 0 Å². The molecule has 0 fully saturated rings. The number of aryl methyl sites for hydroxylation is 1. The molecule has 3 nitrogen and oxygen atoms in total. The molecule has 0 spiro atoms. The van der Waals surface area contributed by atoms with Gasteiger partial charge in [-0.25, -0.2) is 4.98 Å². The van der Waals surface area contributed by atoms with Crippen molar-refractivity contribution >= 4 is 16.9 Å². The smallest absolute Gasteiger partial charge is 0.229 e. The molecule has 0 aliphatic heterocycles. The average molecular weight is 188 g/mol. The van der Waals surface area contributed by atoms with E-state index in [1.54, 1.807) is 17.7 Å². The Balaban J connectivity index is 2.69. The Hall–Kier alpha value is -1.64. The Labute approximate surface area is 82.4 Å². The quantitative estimate of drug-likeness (QED) is 0.688. The molecule has 2 aromatic heterocycles. The maximum atomic E-state index is 11.2. The predicted molar refractivity (Wildman–Crippen MR) is 55.4 cm³/mol. The molecule has 0 aliphatic rings. The topological polar surface area (TPSA) is 34.9 Å². The lowest BCUT2D eigenvalue weighted by atomic mass is 10.2. The highest BCUT2D eigenvalue weighted by molar-refractivity contribution is 5.89. The molecule has 0 aliphatic carbocycles. The Morgan fingerprint density at radius 3 is 2.86 bits per heavy atom. The predicted octanol–water partition coefficient (Wildman–Crippen LogP) is 2.26. The average Bonchev–Trinajstić information content (AvgIpc) is 2.59. The summed E-state index contributed by atoms with van der Waals surface area (Å²) in [6, 6.07) is 5.90. The Morgan fingerprint density at radius 2 is 2.21 bits per heavy atom. The summed E-state index contributed by atoms with van der Waals surface area (Å²) in [6.07, 6.45) is 2.65. The van der Waals surface area contributed by atoms with Crippen molar-refractivity contribution in [3.05, 3.63) is 30.1 Å². The molecule has 0 saturated heterocycles. The zero-order valence-electron chi connectivity index (χ0n) is 8.32. The van der Waals surface area contributed by atoms with Crippen LogP contribution in [-0.4, -0.2) is 15.5 Å². The number of rotatable bonds is 1. The van der Waals surface area contributed by atoms with Crippen molar-refractivity contribution in [3.8, 4) is 0 Å². The van der Waals surface area contributed by atoms with E-state index in [0.29, 0.717) is 0 Å². The number of carbonyl (C=O) groups is 1. The van der Waals surface area contributed by atoms with E-state index in [1.807, 2.05) is 18.2 Å². The molecule has 0 N–H and O–H groups in total. The SMILES string of the molecule is CCc1ccc2ccn(C(C)=O)c2n1. The fourth-order valence-electron chi connectivity index (χ4n) is 1.50. The molecule has 0 radical (unpaired) electrons. The molecule has 2 heterocycles. The molecule has 0 unspecified atom stereocenters. The molecule has 14 heavy (non-hydrogen) atoms. The molecule has 0 amide bonds. The molecule has 0 bridgehead atoms. The first-order valence-corrected chi connectivity index (χ1v) is 4.70. The van der Waals surface area contributed by atoms with E-state index in [0.717, 1.165) is 23.1 Å². The third-order valence-corrected chi connectivity index (χ3v) is 2.30. The van der Waals surface area contributed by atoms with Crippen LogP contribution in [0.25, 0.3) is 11.0 Å². The lowest BCUT2D eigenvalue weighted by molar-refractivity contribution is 0.0941. The van der Waals surface area contributed by atoms with Gasteiger partial charge in [0.05, 0.1) is 0 Å². The summed E-state index contributed by atoms with van der Waals surface area (Å²) in [7, 11) is 0. The number of carbonyl (C=O) groups excluding carboxylic acids is 1. The van der Waals surface area contributed by atoms with Gasteiger partial charge in [-0.2, -0.15) is 0 Å². The maximum absolute atomic E-state index is 11.2. The van der Waals surface area contributed by atoms with Crippen molar-refractivity contribution in [2.75, 3.05) is 0 Å². The summed E-state index contributed by atoms with van der Waals surface area (Å²) >= 11 is 0. The summed E-state index contributed by atoms with van der Waals surface area (Å²) in [6.45, 7) is 3.59. The minimum absolute atomic E-state index is 0.000697. The molecule has 2 aromatic rings. The van der Waals surface area contributed by atoms with Gasteiger partial charge in [0.2, 0.25) is 5.91 Å². The number of aromatic nitrogens is 2. The summed E-state index contributed by atoms with van der Waals surface area (Å²) in [5.74, 6) is 0.000697. The van der Waals surface area contributed by atoms with Crippen molar-refractivity contribution in [1.82, 2.24) is 9.55 Å². The highest BCUT2D eigenvalue weighted by atomic mass is 16.1. The maximum Gasteiger partial charge on any atom is 0.229 e. The van der Waals surface area contributed by atoms with Crippen molar-refractivity contribution in [2.24, 2.45) is 0 Å². The summed E-state index contributed by atoms with van der Waals surface area (Å²) in [5, 5.41) is 1.01. The first-order chi connectivity index (χ1) is 6.72. The first kappa shape index (κ1) is 8.94. The molecular weight excluding hydrogens is 176 g/mol. The van der Waals surface area contributed by atoms with E-state index < -0.39 is 0 Å². The second-order valence-corrected chi connectivity index (χ2v) is 3.27. The minimum atomic E-state index is 0.000697. The van der Waals surface area contributed by atoms with E-state index >= 15 is 0 Å². The zero-order valence-corrected chi connectivity index (χ0v) is 8.32. The Kier molecular flexibility index (Phi) is 2.08. The molecule has 2 rings (SSSR count). The molecule has 0 saturated carbocycles. The van der Waals surface area contributed by atoms with Gasteiger partial charge in [0.1, 0.15) is 5.65 Å². The van der Waals surface area contributed by atoms with Crippen LogP contribution >= 0.6 is 0 Å². The van der Waals surface area contributed by atoms with Gasteiger partial charge < -0.3 is 0 Å². The second-order valence-electron chi connectivity index (χ2n) is 3.27. The lowest BCUT2D eigenvalue weighted by Gasteiger charge is -2.00. The summed E-state index contributed by atoms with van der Waals surface area (Å²) < 4.78 is 1.58. The second kappa shape index (κ2) is 3.25. The lowest BCUT2D eigenvalue weighted by Crippen LogP contribution is -2.04. The van der Waals surface area contributed by atoms with E-state index in [1.165, 1.54) is 0 Å². The van der Waals surface area contributed by atoms with Crippen LogP contribution in [0.1, 0.15) is 24.3 Å². The monoisotopic (exact) mass is 188 g/mol. The fraction of sp³-hybridized carbons (Fsp3) is 0.273. The Bertz CT molecular complexity index is 485. The van der Waals surface area contributed by atoms with Crippen molar-refractivity contribution in [2.45, 2.75) is 20.3 Å². The summed E-state index contributed by atoms with van der Waals surface area (Å²) in [4.78, 5) is 15.7. The largest absolute Gasteiger partial charge is 0.274 e. The van der Waals surface area contributed by atoms with Crippen LogP contribution in [0.2, 0.25) is 0 Å². The Morgan fingerprint density at radius 1 is 1.43 bits per heavy atom. The van der Waals surface area contributed by atoms with Crippen LogP contribution < -0.4 is 0 Å². The fourth-order valence-corrected chi connectivity index (χ4v) is 1.50. The van der Waals surface area contributed by atoms with Crippen LogP contribution in [0.15, 0.2) is 24.4 Å². The van der Waals surface area contributed by atoms with Crippen molar-refractivity contribution in [1.29, 1.82) is 0 Å². The molecular formula is C11H12N2O. The summed E-state index contributed by atoms with van der Waals surface area (Å²) in [5.41, 5.74) is 1.77. The molecule has 72 valence electrons. The van der Waals surface area contributed by atoms with Gasteiger partial charge in [-0.3, -0.25) is 9.36 Å². The van der Waals surface area contributed by atoms with E-state index in [-0.39, 0.29) is 5.91 Å². The third-order valence-electron chi connectivity index (χ3n) is 2.30. The number of nitrogens with zero attached hydrogens (tertiary/aromatic N) is 2. The highest BCUT2D eigenvalue weighted by Gasteiger charge is 2.05. The van der Waals surface area contributed by atoms with Gasteiger partial charge in [-0.15, -0.1) is 0 Å². The zero-order chi connectivity index (χ0) is 10.1. The van der Waals surface area contributed by atoms with Gasteiger partial charge in [0.15, 0.2) is 0 Å². The minimum Gasteiger partial charge on any atom is -0.274 e. The molecule has 0 aromatic carbocycles. The number of hydrogen-bond acceptors (Lipinski definition) is 2. The van der Waals surface area contributed by atoms with Crippen LogP contribution in [-0.2, 0) is 6.42 Å². The van der Waals surface area contributed by atoms with Crippen LogP contribution in [0.3, 0.4) is 0 Å². The van der Waals surface area contributed by atoms with Crippen LogP contribution in [0.4, 0.5) is 0 Å².